The van der Waals surface area contributed by atoms with Crippen LogP contribution < -0.4 is 9.64 Å². The van der Waals surface area contributed by atoms with E-state index < -0.39 is 6.09 Å². The van der Waals surface area contributed by atoms with Gasteiger partial charge >= 0.3 is 6.09 Å². The molecule has 0 atom stereocenters. The lowest BCUT2D eigenvalue weighted by Gasteiger charge is -2.17. The van der Waals surface area contributed by atoms with Crippen molar-refractivity contribution in [3.05, 3.63) is 17.8 Å². The summed E-state index contributed by atoms with van der Waals surface area (Å²) in [6.45, 7) is 0.965. The van der Waals surface area contributed by atoms with Gasteiger partial charge in [-0.3, -0.25) is 4.90 Å². The number of hydrogen-bond donors (Lipinski definition) is 1. The first-order valence-corrected chi connectivity index (χ1v) is 6.94. The highest BCUT2D eigenvalue weighted by Crippen LogP contribution is 2.29. The zero-order chi connectivity index (χ0) is 12.3. The van der Waals surface area contributed by atoms with Crippen LogP contribution in [-0.4, -0.2) is 33.8 Å². The molecule has 92 valence electrons. The van der Waals surface area contributed by atoms with Crippen molar-refractivity contribution in [2.24, 2.45) is 0 Å². The number of fused-ring (bicyclic) bond motifs is 1. The lowest BCUT2D eigenvalue weighted by atomic mass is 10.3. The van der Waals surface area contributed by atoms with Crippen molar-refractivity contribution in [3.63, 3.8) is 0 Å². The van der Waals surface area contributed by atoms with Crippen molar-refractivity contribution >= 4 is 34.5 Å². The van der Waals surface area contributed by atoms with Crippen LogP contribution in [0.4, 0.5) is 10.6 Å². The number of rotatable bonds is 2. The van der Waals surface area contributed by atoms with Crippen LogP contribution in [0.1, 0.15) is 12.1 Å². The van der Waals surface area contributed by atoms with E-state index in [1.54, 1.807) is 0 Å². The molecule has 0 spiro atoms. The molecule has 2 heterocycles. The predicted molar refractivity (Wildman–Crippen MR) is 72.3 cm³/mol. The van der Waals surface area contributed by atoms with E-state index in [1.165, 1.54) is 4.90 Å². The molecule has 0 radical (unpaired) electrons. The summed E-state index contributed by atoms with van der Waals surface area (Å²) in [5, 5.41) is 9.16. The molecule has 0 unspecified atom stereocenters. The number of nitrogens with zero attached hydrogens (tertiary/aromatic N) is 2. The van der Waals surface area contributed by atoms with E-state index in [4.69, 9.17) is 9.84 Å². The van der Waals surface area contributed by atoms with E-state index in [0.717, 1.165) is 16.5 Å². The standard InChI is InChI=1S/C11H13IN2O3/c12-5-4-8-2-3-9-10(13-8)14(11(15)16)6-1-7-17-9/h2-3H,1,4-7H2,(H,15,16). The lowest BCUT2D eigenvalue weighted by molar-refractivity contribution is 0.201. The van der Waals surface area contributed by atoms with Crippen molar-refractivity contribution in [1.29, 1.82) is 0 Å². The second kappa shape index (κ2) is 5.52. The van der Waals surface area contributed by atoms with Gasteiger partial charge in [0.05, 0.1) is 6.61 Å². The molecule has 0 fully saturated rings. The number of alkyl halides is 1. The maximum absolute atomic E-state index is 11.2. The number of ether oxygens (including phenoxy) is 1. The van der Waals surface area contributed by atoms with E-state index in [9.17, 15) is 4.79 Å². The number of aryl methyl sites for hydroxylation is 1. The van der Waals surface area contributed by atoms with E-state index >= 15 is 0 Å². The number of halogens is 1. The van der Waals surface area contributed by atoms with Gasteiger partial charge in [-0.2, -0.15) is 0 Å². The van der Waals surface area contributed by atoms with Gasteiger partial charge in [-0.25, -0.2) is 9.78 Å². The molecule has 2 rings (SSSR count). The average Bonchev–Trinajstić information content (AvgIpc) is 2.51. The molecule has 1 aromatic rings. The van der Waals surface area contributed by atoms with Crippen LogP contribution in [0.3, 0.4) is 0 Å². The van der Waals surface area contributed by atoms with Crippen LogP contribution in [0.15, 0.2) is 12.1 Å². The van der Waals surface area contributed by atoms with Gasteiger partial charge in [0.2, 0.25) is 0 Å². The minimum absolute atomic E-state index is 0.428. The second-order valence-corrected chi connectivity index (χ2v) is 4.78. The van der Waals surface area contributed by atoms with Crippen LogP contribution in [0.25, 0.3) is 0 Å². The summed E-state index contributed by atoms with van der Waals surface area (Å²) in [6.07, 6.45) is 0.543. The van der Waals surface area contributed by atoms with E-state index in [0.29, 0.717) is 31.1 Å². The third-order valence-corrected chi connectivity index (χ3v) is 3.06. The van der Waals surface area contributed by atoms with Crippen LogP contribution in [-0.2, 0) is 6.42 Å². The van der Waals surface area contributed by atoms with Crippen molar-refractivity contribution < 1.29 is 14.6 Å². The normalized spacial score (nSPS) is 14.8. The predicted octanol–water partition coefficient (Wildman–Crippen LogP) is 2.33. The first-order chi connectivity index (χ1) is 8.22. The summed E-state index contributed by atoms with van der Waals surface area (Å²) in [5.74, 6) is 0.986. The number of amides is 1. The van der Waals surface area contributed by atoms with Crippen LogP contribution in [0.5, 0.6) is 5.75 Å². The van der Waals surface area contributed by atoms with E-state index in [1.807, 2.05) is 12.1 Å². The van der Waals surface area contributed by atoms with Gasteiger partial charge in [0.15, 0.2) is 11.6 Å². The maximum Gasteiger partial charge on any atom is 0.413 e. The van der Waals surface area contributed by atoms with Gasteiger partial charge in [0, 0.05) is 16.7 Å². The minimum atomic E-state index is -0.976. The number of carbonyl (C=O) groups is 1. The van der Waals surface area contributed by atoms with E-state index in [2.05, 4.69) is 27.6 Å². The van der Waals surface area contributed by atoms with Crippen LogP contribution >= 0.6 is 22.6 Å². The molecule has 1 aromatic heterocycles. The number of pyridine rings is 1. The molecule has 0 aliphatic carbocycles. The molecular weight excluding hydrogens is 335 g/mol. The molecule has 1 N–H and O–H groups in total. The van der Waals surface area contributed by atoms with Gasteiger partial charge in [-0.1, -0.05) is 22.6 Å². The molecule has 0 saturated heterocycles. The van der Waals surface area contributed by atoms with Crippen molar-refractivity contribution in [2.45, 2.75) is 12.8 Å². The Kier molecular flexibility index (Phi) is 4.03. The maximum atomic E-state index is 11.2. The molecule has 5 nitrogen and oxygen atoms in total. The lowest BCUT2D eigenvalue weighted by Crippen LogP contribution is -2.30. The molecule has 0 aromatic carbocycles. The highest BCUT2D eigenvalue weighted by atomic mass is 127. The monoisotopic (exact) mass is 348 g/mol. The number of aromatic nitrogens is 1. The Morgan fingerprint density at radius 1 is 1.59 bits per heavy atom. The van der Waals surface area contributed by atoms with Gasteiger partial charge < -0.3 is 9.84 Å². The first-order valence-electron chi connectivity index (χ1n) is 5.41. The third-order valence-electron chi connectivity index (χ3n) is 2.52. The third kappa shape index (κ3) is 2.80. The minimum Gasteiger partial charge on any atom is -0.490 e. The Labute approximate surface area is 113 Å². The molecular formula is C11H13IN2O3. The highest BCUT2D eigenvalue weighted by Gasteiger charge is 2.23. The van der Waals surface area contributed by atoms with Gasteiger partial charge in [-0.05, 0) is 25.0 Å². The largest absolute Gasteiger partial charge is 0.490 e. The zero-order valence-electron chi connectivity index (χ0n) is 9.23. The van der Waals surface area contributed by atoms with E-state index in [-0.39, 0.29) is 0 Å². The highest BCUT2D eigenvalue weighted by molar-refractivity contribution is 14.1. The summed E-state index contributed by atoms with van der Waals surface area (Å²) in [5.41, 5.74) is 0.898. The fourth-order valence-electron chi connectivity index (χ4n) is 1.71. The molecule has 17 heavy (non-hydrogen) atoms. The Hall–Kier alpha value is -1.05. The summed E-state index contributed by atoms with van der Waals surface area (Å²) in [4.78, 5) is 16.8. The van der Waals surface area contributed by atoms with Gasteiger partial charge in [0.1, 0.15) is 0 Å². The quantitative estimate of drug-likeness (QED) is 0.658. The Morgan fingerprint density at radius 3 is 3.12 bits per heavy atom. The van der Waals surface area contributed by atoms with Crippen LogP contribution in [0.2, 0.25) is 0 Å². The summed E-state index contributed by atoms with van der Waals surface area (Å²) >= 11 is 2.27. The van der Waals surface area contributed by atoms with Crippen LogP contribution in [0, 0.1) is 0 Å². The molecule has 6 heteroatoms. The second-order valence-electron chi connectivity index (χ2n) is 3.70. The summed E-state index contributed by atoms with van der Waals surface area (Å²) in [6, 6.07) is 3.70. The molecule has 1 aliphatic heterocycles. The van der Waals surface area contributed by atoms with Gasteiger partial charge in [0.25, 0.3) is 0 Å². The van der Waals surface area contributed by atoms with Crippen molar-refractivity contribution in [1.82, 2.24) is 4.98 Å². The first kappa shape index (κ1) is 12.4. The number of hydrogen-bond acceptors (Lipinski definition) is 3. The van der Waals surface area contributed by atoms with Gasteiger partial charge in [-0.15, -0.1) is 0 Å². The molecule has 0 bridgehead atoms. The SMILES string of the molecule is O=C(O)N1CCCOc2ccc(CCI)nc21. The summed E-state index contributed by atoms with van der Waals surface area (Å²) < 4.78 is 6.45. The van der Waals surface area contributed by atoms with Crippen molar-refractivity contribution in [2.75, 3.05) is 22.5 Å². The molecule has 1 aliphatic rings. The molecule has 1 amide bonds. The fourth-order valence-corrected chi connectivity index (χ4v) is 2.27. The Balaban J connectivity index is 2.38. The average molecular weight is 348 g/mol. The number of anilines is 1. The van der Waals surface area contributed by atoms with Crippen molar-refractivity contribution in [3.8, 4) is 5.75 Å². The Bertz CT molecular complexity index is 425. The molecule has 0 saturated carbocycles. The summed E-state index contributed by atoms with van der Waals surface area (Å²) in [7, 11) is 0. The zero-order valence-corrected chi connectivity index (χ0v) is 11.4. The fraction of sp³-hybridized carbons (Fsp3) is 0.455. The Morgan fingerprint density at radius 2 is 2.41 bits per heavy atom. The smallest absolute Gasteiger partial charge is 0.413 e. The topological polar surface area (TPSA) is 62.7 Å². The number of carboxylic acid groups (broad SMARTS) is 1.